The van der Waals surface area contributed by atoms with Crippen LogP contribution in [0.15, 0.2) is 229 Å². The Balaban J connectivity index is 1.12. The molecule has 1 aliphatic rings. The fourth-order valence-electron chi connectivity index (χ4n) is 8.40. The van der Waals surface area contributed by atoms with E-state index >= 15 is 0 Å². The maximum atomic E-state index is 5.05. The van der Waals surface area contributed by atoms with Gasteiger partial charge in [-0.25, -0.2) is 9.98 Å². The number of hydrogen-bond donors (Lipinski definition) is 0. The highest BCUT2D eigenvalue weighted by atomic mass is 15.0. The van der Waals surface area contributed by atoms with Crippen LogP contribution in [0.25, 0.3) is 71.8 Å². The van der Waals surface area contributed by atoms with Crippen molar-refractivity contribution in [3.8, 4) is 27.9 Å². The van der Waals surface area contributed by atoms with Crippen LogP contribution in [0.1, 0.15) is 43.4 Å². The number of nitrogens with zero attached hydrogens (tertiary/aromatic N) is 3. The molecule has 8 aromatic rings. The monoisotopic (exact) mass is 785 g/mol. The van der Waals surface area contributed by atoms with E-state index in [1.165, 1.54) is 54.8 Å². The van der Waals surface area contributed by atoms with Gasteiger partial charge in [0.05, 0.1) is 16.7 Å². The highest BCUT2D eigenvalue weighted by Crippen LogP contribution is 2.40. The van der Waals surface area contributed by atoms with Crippen LogP contribution in [0.4, 0.5) is 0 Å². The fraction of sp³-hybridized carbons (Fsp3) is 0.0690. The molecule has 0 spiro atoms. The predicted molar refractivity (Wildman–Crippen MR) is 264 cm³/mol. The van der Waals surface area contributed by atoms with Crippen LogP contribution in [-0.2, 0) is 0 Å². The van der Waals surface area contributed by atoms with Crippen molar-refractivity contribution in [2.24, 2.45) is 9.98 Å². The summed E-state index contributed by atoms with van der Waals surface area (Å²) < 4.78 is 2.45. The van der Waals surface area contributed by atoms with Crippen LogP contribution in [0, 0.1) is 0 Å². The van der Waals surface area contributed by atoms with Crippen molar-refractivity contribution < 1.29 is 0 Å². The lowest BCUT2D eigenvalue weighted by Gasteiger charge is -2.15. The summed E-state index contributed by atoms with van der Waals surface area (Å²) in [6, 6.07) is 56.5. The van der Waals surface area contributed by atoms with Gasteiger partial charge in [-0.3, -0.25) is 0 Å². The van der Waals surface area contributed by atoms with Crippen LogP contribution >= 0.6 is 0 Å². The summed E-state index contributed by atoms with van der Waals surface area (Å²) in [5.74, 6) is 0.600. The average molecular weight is 786 g/mol. The van der Waals surface area contributed by atoms with Crippen molar-refractivity contribution >= 4 is 55.4 Å². The van der Waals surface area contributed by atoms with Gasteiger partial charge in [0.1, 0.15) is 0 Å². The molecule has 1 aromatic heterocycles. The number of aromatic nitrogens is 1. The quantitative estimate of drug-likeness (QED) is 0.0751. The molecule has 3 nitrogen and oxygen atoms in total. The van der Waals surface area contributed by atoms with Gasteiger partial charge in [-0.1, -0.05) is 177 Å². The van der Waals surface area contributed by atoms with E-state index in [0.29, 0.717) is 11.5 Å². The third-order valence-corrected chi connectivity index (χ3v) is 11.4. The van der Waals surface area contributed by atoms with E-state index in [2.05, 4.69) is 163 Å². The number of rotatable bonds is 10. The van der Waals surface area contributed by atoms with Crippen LogP contribution in [0.3, 0.4) is 0 Å². The van der Waals surface area contributed by atoms with Crippen LogP contribution < -0.4 is 0 Å². The van der Waals surface area contributed by atoms with Crippen LogP contribution in [-0.4, -0.2) is 16.1 Å². The van der Waals surface area contributed by atoms with Crippen LogP contribution in [0.5, 0.6) is 0 Å². The topological polar surface area (TPSA) is 29.6 Å². The lowest BCUT2D eigenvalue weighted by molar-refractivity contribution is 1.04. The summed E-state index contributed by atoms with van der Waals surface area (Å²) in [7, 11) is 0. The lowest BCUT2D eigenvalue weighted by Crippen LogP contribution is -2.04. The smallest absolute Gasteiger partial charge is 0.160 e. The Hall–Kier alpha value is -7.62. The first-order chi connectivity index (χ1) is 30.0. The summed E-state index contributed by atoms with van der Waals surface area (Å²) >= 11 is 0. The van der Waals surface area contributed by atoms with E-state index < -0.39 is 0 Å². The number of hydrogen-bond acceptors (Lipinski definition) is 1. The normalized spacial score (nSPS) is 13.7. The Morgan fingerprint density at radius 1 is 0.623 bits per heavy atom. The van der Waals surface area contributed by atoms with E-state index in [9.17, 15) is 0 Å². The zero-order valence-electron chi connectivity index (χ0n) is 34.7. The van der Waals surface area contributed by atoms with E-state index in [-0.39, 0.29) is 0 Å². The third-order valence-electron chi connectivity index (χ3n) is 11.4. The standard InChI is InChI=1S/C58H47N3/c1-5-18-42(19-6-2)40(3)59-58(60-41(4)43-20-10-7-11-21-43)47-30-28-46(29-31-47)48-32-34-53-49(36-48)33-35-56-57(53)54-26-16-17-27-55(54)61(56)52-38-50(44-22-12-8-13-23-44)37-51(39-52)45-24-14-9-15-25-45/h5-8,10-14,16-39H,1,4,9,15H2,2-3H3/b19-6-,42-18+,59-40?,60-58?. The van der Waals surface area contributed by atoms with Gasteiger partial charge in [-0.05, 0) is 118 Å². The first-order valence-electron chi connectivity index (χ1n) is 21.0. The molecule has 1 aliphatic carbocycles. The van der Waals surface area contributed by atoms with Crippen molar-refractivity contribution in [3.63, 3.8) is 0 Å². The number of allylic oxidation sites excluding steroid dienone is 9. The second-order valence-electron chi connectivity index (χ2n) is 15.4. The molecule has 0 unspecified atom stereocenters. The number of amidine groups is 1. The molecule has 7 aromatic carbocycles. The summed E-state index contributed by atoms with van der Waals surface area (Å²) in [5, 5.41) is 4.92. The van der Waals surface area contributed by atoms with Gasteiger partial charge < -0.3 is 4.57 Å². The van der Waals surface area contributed by atoms with Crippen molar-refractivity contribution in [1.82, 2.24) is 4.57 Å². The minimum Gasteiger partial charge on any atom is -0.309 e. The molecular formula is C58H47N3. The molecule has 0 radical (unpaired) electrons. The van der Waals surface area contributed by atoms with Gasteiger partial charge >= 0.3 is 0 Å². The Bertz CT molecular complexity index is 3150. The first kappa shape index (κ1) is 38.9. The van der Waals surface area contributed by atoms with Crippen LogP contribution in [0.2, 0.25) is 0 Å². The minimum absolute atomic E-state index is 0.600. The number of fused-ring (bicyclic) bond motifs is 5. The summed E-state index contributed by atoms with van der Waals surface area (Å²) in [6.45, 7) is 12.2. The molecule has 0 amide bonds. The summed E-state index contributed by atoms with van der Waals surface area (Å²) in [4.78, 5) is 10.0. The van der Waals surface area contributed by atoms with Gasteiger partial charge in [0.15, 0.2) is 5.84 Å². The van der Waals surface area contributed by atoms with Gasteiger partial charge in [-0.15, -0.1) is 0 Å². The lowest BCUT2D eigenvalue weighted by atomic mass is 9.95. The molecular weight excluding hydrogens is 739 g/mol. The second kappa shape index (κ2) is 17.3. The second-order valence-corrected chi connectivity index (χ2v) is 15.4. The van der Waals surface area contributed by atoms with Gasteiger partial charge in [0.25, 0.3) is 0 Å². The Kier molecular flexibility index (Phi) is 11.0. The minimum atomic E-state index is 0.600. The van der Waals surface area contributed by atoms with E-state index in [1.54, 1.807) is 6.08 Å². The molecule has 294 valence electrons. The molecule has 0 saturated heterocycles. The number of aliphatic imine (C=N–C) groups is 2. The molecule has 61 heavy (non-hydrogen) atoms. The molecule has 0 atom stereocenters. The summed E-state index contributed by atoms with van der Waals surface area (Å²) in [6.07, 6.45) is 16.9. The summed E-state index contributed by atoms with van der Waals surface area (Å²) in [5.41, 5.74) is 15.1. The average Bonchev–Trinajstić information content (AvgIpc) is 3.66. The molecule has 9 rings (SSSR count). The molecule has 3 heteroatoms. The molecule has 0 bridgehead atoms. The first-order valence-corrected chi connectivity index (χ1v) is 21.0. The van der Waals surface area contributed by atoms with Gasteiger partial charge in [0, 0.05) is 27.7 Å². The molecule has 0 fully saturated rings. The fourth-order valence-corrected chi connectivity index (χ4v) is 8.40. The zero-order valence-corrected chi connectivity index (χ0v) is 34.7. The van der Waals surface area contributed by atoms with Gasteiger partial charge in [0.2, 0.25) is 0 Å². The Labute approximate surface area is 358 Å². The van der Waals surface area contributed by atoms with Gasteiger partial charge in [-0.2, -0.15) is 0 Å². The Morgan fingerprint density at radius 2 is 1.34 bits per heavy atom. The van der Waals surface area contributed by atoms with E-state index in [4.69, 9.17) is 9.98 Å². The van der Waals surface area contributed by atoms with E-state index in [1.807, 2.05) is 62.4 Å². The van der Waals surface area contributed by atoms with Crippen molar-refractivity contribution in [3.05, 3.63) is 236 Å². The highest BCUT2D eigenvalue weighted by Gasteiger charge is 2.18. The number of benzene rings is 7. The number of para-hydroxylation sites is 1. The molecule has 0 aliphatic heterocycles. The maximum Gasteiger partial charge on any atom is 0.160 e. The zero-order chi connectivity index (χ0) is 41.7. The third kappa shape index (κ3) is 7.94. The molecule has 1 heterocycles. The maximum absolute atomic E-state index is 5.05. The SMILES string of the molecule is C=C/C=C(\C=C/C)C(C)=NC(=NC(=C)c1ccccc1)c1ccc(-c2ccc3c(ccc4c3c3ccccc3n4-c3cc(C4=CCCC=C4)cc(-c4ccccc4)c3)c2)cc1. The highest BCUT2D eigenvalue weighted by molar-refractivity contribution is 6.22. The largest absolute Gasteiger partial charge is 0.309 e. The van der Waals surface area contributed by atoms with Crippen molar-refractivity contribution in [2.45, 2.75) is 26.7 Å². The molecule has 0 N–H and O–H groups in total. The predicted octanol–water partition coefficient (Wildman–Crippen LogP) is 15.6. The van der Waals surface area contributed by atoms with Crippen molar-refractivity contribution in [1.29, 1.82) is 0 Å². The Morgan fingerprint density at radius 3 is 2.10 bits per heavy atom. The molecule has 0 saturated carbocycles. The van der Waals surface area contributed by atoms with E-state index in [0.717, 1.165) is 52.1 Å². The van der Waals surface area contributed by atoms with Crippen molar-refractivity contribution in [2.75, 3.05) is 0 Å².